The Hall–Kier alpha value is -1.25. The second-order valence-electron chi connectivity index (χ2n) is 3.11. The Balaban J connectivity index is 2.41. The fourth-order valence-electron chi connectivity index (χ4n) is 0.994. The number of rotatable bonds is 5. The predicted octanol–water partition coefficient (Wildman–Crippen LogP) is 1.49. The molecule has 0 atom stereocenters. The number of halogens is 3. The second kappa shape index (κ2) is 4.73. The molecule has 0 radical (unpaired) electrons. The van der Waals surface area contributed by atoms with E-state index in [0.717, 1.165) is 0 Å². The third-order valence-electron chi connectivity index (χ3n) is 1.64. The van der Waals surface area contributed by atoms with Gasteiger partial charge in [0.05, 0.1) is 11.9 Å². The van der Waals surface area contributed by atoms with Crippen molar-refractivity contribution in [3.05, 3.63) is 12.3 Å². The zero-order valence-corrected chi connectivity index (χ0v) is 8.90. The Labute approximate surface area is 90.1 Å². The standard InChI is InChI=1S/C7H10F3N3O2S/c8-7(9,10)3-1-5-16(14,15)13-6-2-4-11-12-6/h2,4H,1,3,5H2,(H2,11,12,13). The van der Waals surface area contributed by atoms with Gasteiger partial charge in [0.15, 0.2) is 0 Å². The van der Waals surface area contributed by atoms with E-state index in [0.29, 0.717) is 0 Å². The van der Waals surface area contributed by atoms with Gasteiger partial charge in [-0.2, -0.15) is 18.3 Å². The van der Waals surface area contributed by atoms with E-state index in [1.54, 1.807) is 0 Å². The highest BCUT2D eigenvalue weighted by molar-refractivity contribution is 7.92. The van der Waals surface area contributed by atoms with Crippen molar-refractivity contribution in [1.29, 1.82) is 0 Å². The molecule has 0 aliphatic heterocycles. The first kappa shape index (κ1) is 12.8. The van der Waals surface area contributed by atoms with Crippen LogP contribution in [0.2, 0.25) is 0 Å². The van der Waals surface area contributed by atoms with Gasteiger partial charge in [0, 0.05) is 12.5 Å². The molecular weight excluding hydrogens is 247 g/mol. The molecule has 16 heavy (non-hydrogen) atoms. The minimum absolute atomic E-state index is 0.131. The number of anilines is 1. The number of aromatic amines is 1. The van der Waals surface area contributed by atoms with Gasteiger partial charge >= 0.3 is 6.18 Å². The normalized spacial score (nSPS) is 12.7. The van der Waals surface area contributed by atoms with E-state index in [1.807, 2.05) is 0 Å². The molecule has 0 spiro atoms. The Morgan fingerprint density at radius 2 is 2.12 bits per heavy atom. The Morgan fingerprint density at radius 3 is 2.62 bits per heavy atom. The van der Waals surface area contributed by atoms with Gasteiger partial charge in [-0.05, 0) is 6.42 Å². The summed E-state index contributed by atoms with van der Waals surface area (Å²) in [6, 6.07) is 1.36. The maximum Gasteiger partial charge on any atom is 0.389 e. The quantitative estimate of drug-likeness (QED) is 0.839. The van der Waals surface area contributed by atoms with Crippen LogP contribution in [0.25, 0.3) is 0 Å². The van der Waals surface area contributed by atoms with Gasteiger partial charge in [-0.3, -0.25) is 9.82 Å². The lowest BCUT2D eigenvalue weighted by molar-refractivity contribution is -0.134. The van der Waals surface area contributed by atoms with Crippen LogP contribution in [0.5, 0.6) is 0 Å². The number of aromatic nitrogens is 2. The van der Waals surface area contributed by atoms with Crippen LogP contribution in [0.4, 0.5) is 19.0 Å². The summed E-state index contributed by atoms with van der Waals surface area (Å²) in [6.07, 6.45) is -4.58. The molecule has 0 aliphatic rings. The van der Waals surface area contributed by atoms with E-state index in [-0.39, 0.29) is 5.82 Å². The lowest BCUT2D eigenvalue weighted by atomic mass is 10.3. The van der Waals surface area contributed by atoms with Crippen LogP contribution in [-0.4, -0.2) is 30.5 Å². The molecule has 1 rings (SSSR count). The van der Waals surface area contributed by atoms with Gasteiger partial charge in [0.1, 0.15) is 5.82 Å². The molecule has 92 valence electrons. The maximum absolute atomic E-state index is 11.8. The smallest absolute Gasteiger partial charge is 0.268 e. The Morgan fingerprint density at radius 1 is 1.44 bits per heavy atom. The Kier molecular flexibility index (Phi) is 3.79. The number of nitrogens with zero attached hydrogens (tertiary/aromatic N) is 1. The van der Waals surface area contributed by atoms with Crippen molar-refractivity contribution in [2.45, 2.75) is 19.0 Å². The van der Waals surface area contributed by atoms with Gasteiger partial charge in [0.25, 0.3) is 0 Å². The van der Waals surface area contributed by atoms with E-state index in [9.17, 15) is 21.6 Å². The second-order valence-corrected chi connectivity index (χ2v) is 4.95. The highest BCUT2D eigenvalue weighted by atomic mass is 32.2. The highest BCUT2D eigenvalue weighted by Gasteiger charge is 2.27. The topological polar surface area (TPSA) is 74.8 Å². The summed E-state index contributed by atoms with van der Waals surface area (Å²) < 4.78 is 59.9. The van der Waals surface area contributed by atoms with E-state index in [4.69, 9.17) is 0 Å². The van der Waals surface area contributed by atoms with Crippen LogP contribution in [-0.2, 0) is 10.0 Å². The molecule has 0 aliphatic carbocycles. The first-order valence-electron chi connectivity index (χ1n) is 4.35. The van der Waals surface area contributed by atoms with Crippen molar-refractivity contribution in [3.63, 3.8) is 0 Å². The number of hydrogen-bond acceptors (Lipinski definition) is 3. The first-order chi connectivity index (χ1) is 7.29. The first-order valence-corrected chi connectivity index (χ1v) is 6.00. The van der Waals surface area contributed by atoms with Crippen molar-refractivity contribution in [3.8, 4) is 0 Å². The van der Waals surface area contributed by atoms with Crippen molar-refractivity contribution in [2.24, 2.45) is 0 Å². The SMILES string of the molecule is O=S(=O)(CCCC(F)(F)F)Nc1ccn[nH]1. The molecule has 0 bridgehead atoms. The third kappa shape index (κ3) is 5.01. The van der Waals surface area contributed by atoms with Crippen molar-refractivity contribution in [2.75, 3.05) is 10.5 Å². The molecule has 1 heterocycles. The zero-order valence-electron chi connectivity index (χ0n) is 8.08. The predicted molar refractivity (Wildman–Crippen MR) is 51.3 cm³/mol. The molecule has 0 unspecified atom stereocenters. The molecular formula is C7H10F3N3O2S. The number of alkyl halides is 3. The molecule has 0 saturated heterocycles. The largest absolute Gasteiger partial charge is 0.389 e. The van der Waals surface area contributed by atoms with E-state index >= 15 is 0 Å². The summed E-state index contributed by atoms with van der Waals surface area (Å²) in [7, 11) is -3.75. The summed E-state index contributed by atoms with van der Waals surface area (Å²) in [5.74, 6) is -0.446. The molecule has 2 N–H and O–H groups in total. The number of nitrogens with one attached hydrogen (secondary N) is 2. The van der Waals surface area contributed by atoms with Crippen molar-refractivity contribution in [1.82, 2.24) is 10.2 Å². The summed E-state index contributed by atoms with van der Waals surface area (Å²) in [4.78, 5) is 0. The fraction of sp³-hybridized carbons (Fsp3) is 0.571. The lowest BCUT2D eigenvalue weighted by Crippen LogP contribution is -2.19. The Bertz CT molecular complexity index is 413. The minimum atomic E-state index is -4.33. The third-order valence-corrected chi connectivity index (χ3v) is 3.00. The van der Waals surface area contributed by atoms with Gasteiger partial charge in [-0.1, -0.05) is 0 Å². The van der Waals surface area contributed by atoms with Gasteiger partial charge in [-0.15, -0.1) is 0 Å². The summed E-state index contributed by atoms with van der Waals surface area (Å²) in [5.41, 5.74) is 0. The molecule has 5 nitrogen and oxygen atoms in total. The van der Waals surface area contributed by atoms with Gasteiger partial charge in [-0.25, -0.2) is 8.42 Å². The van der Waals surface area contributed by atoms with Crippen LogP contribution in [0.15, 0.2) is 12.3 Å². The van der Waals surface area contributed by atoms with Crippen LogP contribution < -0.4 is 4.72 Å². The minimum Gasteiger partial charge on any atom is -0.268 e. The van der Waals surface area contributed by atoms with E-state index in [1.165, 1.54) is 12.3 Å². The number of H-pyrrole nitrogens is 1. The number of sulfonamides is 1. The van der Waals surface area contributed by atoms with Crippen molar-refractivity contribution >= 4 is 15.8 Å². The van der Waals surface area contributed by atoms with Crippen LogP contribution in [0.1, 0.15) is 12.8 Å². The van der Waals surface area contributed by atoms with E-state index in [2.05, 4.69) is 14.9 Å². The van der Waals surface area contributed by atoms with Gasteiger partial charge < -0.3 is 0 Å². The molecule has 0 amide bonds. The monoisotopic (exact) mass is 257 g/mol. The molecule has 0 saturated carbocycles. The molecule has 1 aromatic heterocycles. The number of hydrogen-bond donors (Lipinski definition) is 2. The molecule has 0 aromatic carbocycles. The fourth-order valence-corrected chi connectivity index (χ4v) is 2.07. The van der Waals surface area contributed by atoms with Crippen LogP contribution in [0.3, 0.4) is 0 Å². The summed E-state index contributed by atoms with van der Waals surface area (Å²) >= 11 is 0. The summed E-state index contributed by atoms with van der Waals surface area (Å²) in [5, 5.41) is 5.83. The van der Waals surface area contributed by atoms with Gasteiger partial charge in [0.2, 0.25) is 10.0 Å². The molecule has 9 heteroatoms. The van der Waals surface area contributed by atoms with Crippen LogP contribution >= 0.6 is 0 Å². The average Bonchev–Trinajstić information content (AvgIpc) is 2.52. The average molecular weight is 257 g/mol. The van der Waals surface area contributed by atoms with E-state index < -0.39 is 34.8 Å². The molecule has 1 aromatic rings. The van der Waals surface area contributed by atoms with Crippen molar-refractivity contribution < 1.29 is 21.6 Å². The molecule has 0 fully saturated rings. The maximum atomic E-state index is 11.8. The highest BCUT2D eigenvalue weighted by Crippen LogP contribution is 2.21. The van der Waals surface area contributed by atoms with Crippen LogP contribution in [0, 0.1) is 0 Å². The summed E-state index contributed by atoms with van der Waals surface area (Å²) in [6.45, 7) is 0. The lowest BCUT2D eigenvalue weighted by Gasteiger charge is -2.07. The zero-order chi connectivity index (χ0) is 12.2.